The predicted octanol–water partition coefficient (Wildman–Crippen LogP) is 2.11. The van der Waals surface area contributed by atoms with Gasteiger partial charge in [0.25, 0.3) is 0 Å². The molecule has 0 aliphatic heterocycles. The minimum absolute atomic E-state index is 0.334. The van der Waals surface area contributed by atoms with Crippen LogP contribution in [0.15, 0.2) is 6.07 Å². The lowest BCUT2D eigenvalue weighted by Crippen LogP contribution is -2.31. The van der Waals surface area contributed by atoms with Crippen LogP contribution in [-0.4, -0.2) is 24.3 Å². The van der Waals surface area contributed by atoms with Crippen molar-refractivity contribution < 1.29 is 9.84 Å². The van der Waals surface area contributed by atoms with Crippen molar-refractivity contribution in [2.75, 3.05) is 13.2 Å². The summed E-state index contributed by atoms with van der Waals surface area (Å²) >= 11 is 0. The van der Waals surface area contributed by atoms with Crippen LogP contribution in [0.1, 0.15) is 48.1 Å². The Morgan fingerprint density at radius 1 is 1.25 bits per heavy atom. The first kappa shape index (κ1) is 17.0. The van der Waals surface area contributed by atoms with Gasteiger partial charge < -0.3 is 21.3 Å². The van der Waals surface area contributed by atoms with Crippen molar-refractivity contribution in [2.24, 2.45) is 11.5 Å². The van der Waals surface area contributed by atoms with E-state index in [-0.39, 0.29) is 6.04 Å². The third-order valence-electron chi connectivity index (χ3n) is 3.77. The van der Waals surface area contributed by atoms with E-state index in [1.165, 1.54) is 0 Å². The summed E-state index contributed by atoms with van der Waals surface area (Å²) in [7, 11) is 0. The van der Waals surface area contributed by atoms with Crippen LogP contribution < -0.4 is 16.2 Å². The molecule has 0 heterocycles. The fourth-order valence-electron chi connectivity index (χ4n) is 2.45. The monoisotopic (exact) mass is 280 g/mol. The van der Waals surface area contributed by atoms with Gasteiger partial charge in [-0.2, -0.15) is 0 Å². The molecule has 1 aromatic rings. The van der Waals surface area contributed by atoms with E-state index < -0.39 is 6.10 Å². The zero-order chi connectivity index (χ0) is 15.3. The van der Waals surface area contributed by atoms with Gasteiger partial charge in [0, 0.05) is 6.04 Å². The van der Waals surface area contributed by atoms with E-state index in [9.17, 15) is 5.11 Å². The van der Waals surface area contributed by atoms with Crippen LogP contribution in [0.4, 0.5) is 0 Å². The van der Waals surface area contributed by atoms with Crippen LogP contribution in [-0.2, 0) is 0 Å². The average molecular weight is 280 g/mol. The zero-order valence-electron chi connectivity index (χ0n) is 13.1. The zero-order valence-corrected chi connectivity index (χ0v) is 13.1. The van der Waals surface area contributed by atoms with Gasteiger partial charge in [-0.15, -0.1) is 0 Å². The number of rotatable bonds is 7. The van der Waals surface area contributed by atoms with Crippen molar-refractivity contribution in [1.29, 1.82) is 0 Å². The Labute approximate surface area is 122 Å². The van der Waals surface area contributed by atoms with Crippen molar-refractivity contribution in [3.8, 4) is 5.75 Å². The highest BCUT2D eigenvalue weighted by atomic mass is 16.5. The number of hydrogen-bond donors (Lipinski definition) is 3. The van der Waals surface area contributed by atoms with Gasteiger partial charge in [0.1, 0.15) is 5.75 Å². The highest BCUT2D eigenvalue weighted by Gasteiger charge is 2.22. The molecule has 1 aromatic carbocycles. The summed E-state index contributed by atoms with van der Waals surface area (Å²) in [5.41, 5.74) is 15.6. The molecule has 114 valence electrons. The Morgan fingerprint density at radius 2 is 1.90 bits per heavy atom. The van der Waals surface area contributed by atoms with Crippen LogP contribution >= 0.6 is 0 Å². The molecular formula is C16H28N2O2. The van der Waals surface area contributed by atoms with Crippen LogP contribution in [0.25, 0.3) is 0 Å². The van der Waals surface area contributed by atoms with E-state index in [2.05, 4.69) is 6.92 Å². The van der Waals surface area contributed by atoms with Crippen molar-refractivity contribution in [3.63, 3.8) is 0 Å². The highest BCUT2D eigenvalue weighted by Crippen LogP contribution is 2.32. The molecule has 0 aromatic heterocycles. The Balaban J connectivity index is 3.12. The number of aliphatic hydroxyl groups is 1. The molecule has 0 amide bonds. The molecule has 0 saturated carbocycles. The van der Waals surface area contributed by atoms with Gasteiger partial charge in [0.2, 0.25) is 0 Å². The van der Waals surface area contributed by atoms with E-state index in [4.69, 9.17) is 16.2 Å². The van der Waals surface area contributed by atoms with Crippen LogP contribution in [0, 0.1) is 20.8 Å². The highest BCUT2D eigenvalue weighted by molar-refractivity contribution is 5.49. The topological polar surface area (TPSA) is 81.5 Å². The van der Waals surface area contributed by atoms with Crippen molar-refractivity contribution in [1.82, 2.24) is 0 Å². The third-order valence-corrected chi connectivity index (χ3v) is 3.77. The fraction of sp³-hybridized carbons (Fsp3) is 0.625. The van der Waals surface area contributed by atoms with E-state index in [0.717, 1.165) is 34.4 Å². The van der Waals surface area contributed by atoms with Gasteiger partial charge in [-0.25, -0.2) is 0 Å². The van der Waals surface area contributed by atoms with E-state index in [1.807, 2.05) is 26.8 Å². The summed E-state index contributed by atoms with van der Waals surface area (Å²) in [6.07, 6.45) is 0.897. The molecule has 1 rings (SSSR count). The fourth-order valence-corrected chi connectivity index (χ4v) is 2.45. The normalized spacial score (nSPS) is 14.2. The maximum atomic E-state index is 10.5. The lowest BCUT2D eigenvalue weighted by molar-refractivity contribution is 0.141. The predicted molar refractivity (Wildman–Crippen MR) is 83.0 cm³/mol. The first-order chi connectivity index (χ1) is 9.43. The summed E-state index contributed by atoms with van der Waals surface area (Å²) in [6, 6.07) is 1.66. The van der Waals surface area contributed by atoms with E-state index in [0.29, 0.717) is 19.6 Å². The molecular weight excluding hydrogens is 252 g/mol. The smallest absolute Gasteiger partial charge is 0.122 e. The summed E-state index contributed by atoms with van der Waals surface area (Å²) in [5.74, 6) is 0.894. The van der Waals surface area contributed by atoms with Gasteiger partial charge in [-0.05, 0) is 68.5 Å². The Hall–Kier alpha value is -1.10. The van der Waals surface area contributed by atoms with Crippen LogP contribution in [0.2, 0.25) is 0 Å². The maximum absolute atomic E-state index is 10.5. The van der Waals surface area contributed by atoms with Crippen LogP contribution in [0.5, 0.6) is 5.75 Å². The van der Waals surface area contributed by atoms with Crippen molar-refractivity contribution >= 4 is 0 Å². The van der Waals surface area contributed by atoms with Crippen molar-refractivity contribution in [2.45, 2.75) is 52.7 Å². The molecule has 4 nitrogen and oxygen atoms in total. The van der Waals surface area contributed by atoms with Gasteiger partial charge in [-0.1, -0.05) is 6.92 Å². The number of aryl methyl sites for hydroxylation is 1. The van der Waals surface area contributed by atoms with Crippen LogP contribution in [0.3, 0.4) is 0 Å². The minimum Gasteiger partial charge on any atom is -0.493 e. The SMILES string of the molecule is CCCOc1cc(C)c(C(O)C(N)CCN)c(C)c1C. The Bertz CT molecular complexity index is 447. The van der Waals surface area contributed by atoms with Gasteiger partial charge in [0.15, 0.2) is 0 Å². The minimum atomic E-state index is -0.683. The Morgan fingerprint density at radius 3 is 2.45 bits per heavy atom. The van der Waals surface area contributed by atoms with Crippen molar-refractivity contribution in [3.05, 3.63) is 28.3 Å². The summed E-state index contributed by atoms with van der Waals surface area (Å²) < 4.78 is 5.76. The molecule has 0 fully saturated rings. The molecule has 0 aliphatic carbocycles. The largest absolute Gasteiger partial charge is 0.493 e. The summed E-state index contributed by atoms with van der Waals surface area (Å²) in [5, 5.41) is 10.5. The summed E-state index contributed by atoms with van der Waals surface area (Å²) in [6.45, 7) is 9.28. The van der Waals surface area contributed by atoms with Gasteiger partial charge >= 0.3 is 0 Å². The first-order valence-electron chi connectivity index (χ1n) is 7.31. The second kappa shape index (κ2) is 7.62. The molecule has 0 aliphatic rings. The quantitative estimate of drug-likeness (QED) is 0.714. The number of nitrogens with two attached hydrogens (primary N) is 2. The molecule has 5 N–H and O–H groups in total. The molecule has 20 heavy (non-hydrogen) atoms. The Kier molecular flexibility index (Phi) is 6.46. The number of benzene rings is 1. The molecule has 2 atom stereocenters. The second-order valence-electron chi connectivity index (χ2n) is 5.39. The molecule has 4 heteroatoms. The first-order valence-corrected chi connectivity index (χ1v) is 7.31. The van der Waals surface area contributed by atoms with E-state index in [1.54, 1.807) is 0 Å². The van der Waals surface area contributed by atoms with Gasteiger partial charge in [-0.3, -0.25) is 0 Å². The van der Waals surface area contributed by atoms with E-state index >= 15 is 0 Å². The molecule has 0 spiro atoms. The molecule has 0 bridgehead atoms. The lowest BCUT2D eigenvalue weighted by Gasteiger charge is -2.24. The third kappa shape index (κ3) is 3.72. The number of hydrogen-bond acceptors (Lipinski definition) is 4. The maximum Gasteiger partial charge on any atom is 0.122 e. The summed E-state index contributed by atoms with van der Waals surface area (Å²) in [4.78, 5) is 0. The standard InChI is InChI=1S/C16H28N2O2/c1-5-8-20-14-9-10(2)15(12(4)11(14)3)16(19)13(18)6-7-17/h9,13,16,19H,5-8,17-18H2,1-4H3. The second-order valence-corrected chi connectivity index (χ2v) is 5.39. The number of aliphatic hydroxyl groups excluding tert-OH is 1. The molecule has 0 saturated heterocycles. The van der Waals surface area contributed by atoms with Gasteiger partial charge in [0.05, 0.1) is 12.7 Å². The lowest BCUT2D eigenvalue weighted by atomic mass is 9.89. The molecule has 0 radical (unpaired) electrons. The average Bonchev–Trinajstić information content (AvgIpc) is 2.41. The molecule has 2 unspecified atom stereocenters. The number of ether oxygens (including phenoxy) is 1.